The molecule has 34 heavy (non-hydrogen) atoms. The van der Waals surface area contributed by atoms with Crippen LogP contribution in [0.5, 0.6) is 0 Å². The molecule has 0 aliphatic carbocycles. The second-order valence-corrected chi connectivity index (χ2v) is 11.3. The third-order valence-corrected chi connectivity index (χ3v) is 5.67. The molecule has 12 heteroatoms. The molecule has 0 aliphatic heterocycles. The Kier molecular flexibility index (Phi) is 9.80. The number of amides is 2. The molecule has 0 radical (unpaired) electrons. The topological polar surface area (TPSA) is 143 Å². The SMILES string of the molecule is CC(C)(C)OC(=O)N[C@@H](Cc1cscn1)[C@@H](O)[C@H](O)[C@H](Cc1cscn1)NC(=O)OC(C)(C)C. The fourth-order valence-corrected chi connectivity index (χ4v) is 4.18. The van der Waals surface area contributed by atoms with Crippen molar-refractivity contribution in [2.75, 3.05) is 0 Å². The smallest absolute Gasteiger partial charge is 0.407 e. The fraction of sp³-hybridized carbons (Fsp3) is 0.636. The van der Waals surface area contributed by atoms with Gasteiger partial charge in [0, 0.05) is 23.6 Å². The fourth-order valence-electron chi connectivity index (χ4n) is 3.04. The van der Waals surface area contributed by atoms with Crippen molar-refractivity contribution in [3.63, 3.8) is 0 Å². The number of carbonyl (C=O) groups excluding carboxylic acids is 2. The lowest BCUT2D eigenvalue weighted by molar-refractivity contribution is -0.0295. The Morgan fingerprint density at radius 1 is 0.824 bits per heavy atom. The van der Waals surface area contributed by atoms with Gasteiger partial charge in [-0.2, -0.15) is 0 Å². The van der Waals surface area contributed by atoms with Crippen molar-refractivity contribution in [2.24, 2.45) is 0 Å². The Morgan fingerprint density at radius 3 is 1.44 bits per heavy atom. The van der Waals surface area contributed by atoms with Gasteiger partial charge in [-0.05, 0) is 41.5 Å². The summed E-state index contributed by atoms with van der Waals surface area (Å²) in [5.41, 5.74) is 3.05. The molecule has 0 fully saturated rings. The van der Waals surface area contributed by atoms with Crippen LogP contribution in [0.3, 0.4) is 0 Å². The Labute approximate surface area is 207 Å². The summed E-state index contributed by atoms with van der Waals surface area (Å²) in [5, 5.41) is 31.1. The maximum Gasteiger partial charge on any atom is 0.407 e. The normalized spacial score (nSPS) is 15.6. The molecule has 0 unspecified atom stereocenters. The number of aliphatic hydroxyl groups excluding tert-OH is 2. The van der Waals surface area contributed by atoms with E-state index >= 15 is 0 Å². The van der Waals surface area contributed by atoms with Crippen LogP contribution in [-0.2, 0) is 22.3 Å². The molecule has 2 amide bonds. The third-order valence-electron chi connectivity index (χ3n) is 4.40. The lowest BCUT2D eigenvalue weighted by atomic mass is 9.94. The summed E-state index contributed by atoms with van der Waals surface area (Å²) >= 11 is 2.75. The highest BCUT2D eigenvalue weighted by Crippen LogP contribution is 2.17. The van der Waals surface area contributed by atoms with E-state index in [4.69, 9.17) is 9.47 Å². The first-order chi connectivity index (χ1) is 15.7. The summed E-state index contributed by atoms with van der Waals surface area (Å²) in [6, 6.07) is -1.88. The standard InChI is InChI=1S/C22H34N4O6S2/c1-21(2,3)31-19(29)25-15(7-13-9-33-11-23-13)17(27)18(28)16(8-14-10-34-12-24-14)26-20(30)32-22(4,5)6/h9-12,15-18,27-28H,7-8H2,1-6H3,(H,25,29)(H,26,30)/t15-,16-,17+,18+/m0/s1. The van der Waals surface area contributed by atoms with Gasteiger partial charge < -0.3 is 30.3 Å². The average molecular weight is 515 g/mol. The Hall–Kier alpha value is -2.28. The molecular weight excluding hydrogens is 480 g/mol. The molecule has 0 aromatic carbocycles. The van der Waals surface area contributed by atoms with Crippen molar-refractivity contribution in [3.05, 3.63) is 33.2 Å². The van der Waals surface area contributed by atoms with E-state index in [-0.39, 0.29) is 12.8 Å². The van der Waals surface area contributed by atoms with Crippen LogP contribution in [0.1, 0.15) is 52.9 Å². The van der Waals surface area contributed by atoms with E-state index in [0.717, 1.165) is 0 Å². The van der Waals surface area contributed by atoms with Crippen LogP contribution in [0.15, 0.2) is 21.8 Å². The van der Waals surface area contributed by atoms with Crippen LogP contribution in [0, 0.1) is 0 Å². The molecular formula is C22H34N4O6S2. The quantitative estimate of drug-likeness (QED) is 0.400. The summed E-state index contributed by atoms with van der Waals surface area (Å²) in [4.78, 5) is 33.3. The number of nitrogens with one attached hydrogen (secondary N) is 2. The number of ether oxygens (including phenoxy) is 2. The molecule has 0 saturated carbocycles. The number of carbonyl (C=O) groups is 2. The molecule has 2 heterocycles. The van der Waals surface area contributed by atoms with Gasteiger partial charge in [-0.1, -0.05) is 0 Å². The van der Waals surface area contributed by atoms with Crippen molar-refractivity contribution >= 4 is 34.9 Å². The zero-order chi connectivity index (χ0) is 25.5. The van der Waals surface area contributed by atoms with Crippen LogP contribution < -0.4 is 10.6 Å². The van der Waals surface area contributed by atoms with E-state index in [9.17, 15) is 19.8 Å². The zero-order valence-corrected chi connectivity index (χ0v) is 21.9. The molecule has 0 bridgehead atoms. The highest BCUT2D eigenvalue weighted by molar-refractivity contribution is 7.07. The minimum Gasteiger partial charge on any atom is -0.444 e. The minimum atomic E-state index is -1.47. The summed E-state index contributed by atoms with van der Waals surface area (Å²) < 4.78 is 10.6. The van der Waals surface area contributed by atoms with Gasteiger partial charge in [0.15, 0.2) is 0 Å². The molecule has 0 aliphatic rings. The first-order valence-corrected chi connectivity index (χ1v) is 12.7. The highest BCUT2D eigenvalue weighted by atomic mass is 32.1. The predicted octanol–water partition coefficient (Wildman–Crippen LogP) is 2.89. The number of hydrogen-bond donors (Lipinski definition) is 4. The van der Waals surface area contributed by atoms with E-state index < -0.39 is 47.7 Å². The van der Waals surface area contributed by atoms with Gasteiger partial charge in [0.1, 0.15) is 23.4 Å². The average Bonchev–Trinajstić information content (AvgIpc) is 3.37. The summed E-state index contributed by atoms with van der Waals surface area (Å²) in [6.07, 6.45) is -4.11. The van der Waals surface area contributed by atoms with Crippen LogP contribution in [0.25, 0.3) is 0 Å². The van der Waals surface area contributed by atoms with E-state index in [2.05, 4.69) is 20.6 Å². The Morgan fingerprint density at radius 2 is 1.18 bits per heavy atom. The van der Waals surface area contributed by atoms with E-state index in [1.165, 1.54) is 22.7 Å². The monoisotopic (exact) mass is 514 g/mol. The first-order valence-electron chi connectivity index (χ1n) is 10.8. The van der Waals surface area contributed by atoms with Gasteiger partial charge in [0.2, 0.25) is 0 Å². The van der Waals surface area contributed by atoms with Crippen molar-refractivity contribution in [1.29, 1.82) is 0 Å². The van der Waals surface area contributed by atoms with Crippen molar-refractivity contribution in [1.82, 2.24) is 20.6 Å². The van der Waals surface area contributed by atoms with Gasteiger partial charge in [0.05, 0.1) is 34.5 Å². The lowest BCUT2D eigenvalue weighted by Crippen LogP contribution is -2.58. The van der Waals surface area contributed by atoms with E-state index in [1.807, 2.05) is 0 Å². The molecule has 4 N–H and O–H groups in total. The minimum absolute atomic E-state index is 0.150. The second kappa shape index (κ2) is 11.9. The van der Waals surface area contributed by atoms with Crippen LogP contribution in [-0.4, -0.2) is 67.9 Å². The first kappa shape index (κ1) is 28.0. The maximum atomic E-state index is 12.4. The van der Waals surface area contributed by atoms with Crippen molar-refractivity contribution in [2.45, 2.75) is 89.9 Å². The van der Waals surface area contributed by atoms with Gasteiger partial charge in [0.25, 0.3) is 0 Å². The number of thiazole rings is 2. The molecule has 190 valence electrons. The number of hydrogen-bond acceptors (Lipinski definition) is 10. The number of alkyl carbamates (subject to hydrolysis) is 2. The van der Waals surface area contributed by atoms with Gasteiger partial charge in [-0.3, -0.25) is 0 Å². The molecule has 0 spiro atoms. The largest absolute Gasteiger partial charge is 0.444 e. The van der Waals surface area contributed by atoms with Gasteiger partial charge in [-0.25, -0.2) is 19.6 Å². The highest BCUT2D eigenvalue weighted by Gasteiger charge is 2.36. The van der Waals surface area contributed by atoms with Gasteiger partial charge in [-0.15, -0.1) is 22.7 Å². The lowest BCUT2D eigenvalue weighted by Gasteiger charge is -2.33. The summed E-state index contributed by atoms with van der Waals surface area (Å²) in [5.74, 6) is 0. The third kappa shape index (κ3) is 9.92. The molecule has 2 aromatic heterocycles. The van der Waals surface area contributed by atoms with Crippen LogP contribution >= 0.6 is 22.7 Å². The maximum absolute atomic E-state index is 12.4. The van der Waals surface area contributed by atoms with Crippen molar-refractivity contribution < 1.29 is 29.3 Å². The predicted molar refractivity (Wildman–Crippen MR) is 130 cm³/mol. The van der Waals surface area contributed by atoms with E-state index in [0.29, 0.717) is 11.4 Å². The molecule has 2 aromatic rings. The summed E-state index contributed by atoms with van der Waals surface area (Å²) in [7, 11) is 0. The van der Waals surface area contributed by atoms with Crippen LogP contribution in [0.4, 0.5) is 9.59 Å². The molecule has 2 rings (SSSR count). The molecule has 4 atom stereocenters. The van der Waals surface area contributed by atoms with E-state index in [1.54, 1.807) is 63.3 Å². The Bertz CT molecular complexity index is 819. The summed E-state index contributed by atoms with van der Waals surface area (Å²) in [6.45, 7) is 10.3. The zero-order valence-electron chi connectivity index (χ0n) is 20.3. The number of aromatic nitrogens is 2. The number of aliphatic hydroxyl groups is 2. The number of nitrogens with zero attached hydrogens (tertiary/aromatic N) is 2. The van der Waals surface area contributed by atoms with Gasteiger partial charge >= 0.3 is 12.2 Å². The Balaban J connectivity index is 2.22. The molecule has 0 saturated heterocycles. The van der Waals surface area contributed by atoms with Crippen LogP contribution in [0.2, 0.25) is 0 Å². The molecule has 10 nitrogen and oxygen atoms in total. The van der Waals surface area contributed by atoms with Crippen molar-refractivity contribution in [3.8, 4) is 0 Å². The number of rotatable bonds is 9. The second-order valence-electron chi connectivity index (χ2n) is 9.85.